The lowest BCUT2D eigenvalue weighted by Gasteiger charge is -2.26. The molecule has 0 heterocycles. The number of amides is 1. The summed E-state index contributed by atoms with van der Waals surface area (Å²) in [5.74, 6) is -0.552. The van der Waals surface area contributed by atoms with E-state index in [1.165, 1.54) is 61.7 Å². The van der Waals surface area contributed by atoms with Gasteiger partial charge in [-0.25, -0.2) is 16.8 Å². The van der Waals surface area contributed by atoms with Gasteiger partial charge in [0.05, 0.1) is 33.3 Å². The molecule has 0 aliphatic heterocycles. The minimum absolute atomic E-state index is 0.0553. The lowest BCUT2D eigenvalue weighted by Crippen LogP contribution is -2.37. The Morgan fingerprint density at radius 2 is 1.33 bits per heavy atom. The number of nitrogens with zero attached hydrogens (tertiary/aromatic N) is 1. The van der Waals surface area contributed by atoms with Crippen LogP contribution >= 0.6 is 11.6 Å². The van der Waals surface area contributed by atoms with Crippen molar-refractivity contribution in [1.29, 1.82) is 0 Å². The van der Waals surface area contributed by atoms with Gasteiger partial charge in [-0.15, -0.1) is 0 Å². The number of nitrogens with one attached hydrogen (secondary N) is 1. The average Bonchev–Trinajstić information content (AvgIpc) is 2.82. The van der Waals surface area contributed by atoms with Gasteiger partial charge in [-0.2, -0.15) is 8.60 Å². The van der Waals surface area contributed by atoms with E-state index < -0.39 is 37.1 Å². The lowest BCUT2D eigenvalue weighted by atomic mass is 9.95. The molecule has 3 rings (SSSR count). The summed E-state index contributed by atoms with van der Waals surface area (Å²) in [4.78, 5) is 21.9. The third-order valence-electron chi connectivity index (χ3n) is 4.87. The molecule has 0 bridgehead atoms. The molecular weight excluding hydrogens is 528 g/mol. The van der Waals surface area contributed by atoms with Crippen LogP contribution in [0.1, 0.15) is 20.8 Å². The van der Waals surface area contributed by atoms with Crippen LogP contribution in [-0.4, -0.2) is 29.9 Å². The molecular formula is C24H25ClN2O7S2. The van der Waals surface area contributed by atoms with Crippen LogP contribution in [0.3, 0.4) is 0 Å². The number of carbonyl (C=O) groups is 1. The van der Waals surface area contributed by atoms with Gasteiger partial charge >= 0.3 is 0 Å². The quantitative estimate of drug-likeness (QED) is 0.313. The molecule has 9 nitrogen and oxygen atoms in total. The van der Waals surface area contributed by atoms with E-state index in [-0.39, 0.29) is 30.0 Å². The van der Waals surface area contributed by atoms with E-state index >= 15 is 0 Å². The molecule has 0 aromatic heterocycles. The minimum atomic E-state index is -4.70. The van der Waals surface area contributed by atoms with Crippen molar-refractivity contribution >= 4 is 48.9 Å². The maximum Gasteiger partial charge on any atom is 0.277 e. The van der Waals surface area contributed by atoms with Crippen molar-refractivity contribution in [3.05, 3.63) is 77.8 Å². The zero-order chi connectivity index (χ0) is 26.7. The monoisotopic (exact) mass is 552 g/mol. The predicted molar refractivity (Wildman–Crippen MR) is 137 cm³/mol. The van der Waals surface area contributed by atoms with Crippen molar-refractivity contribution in [1.82, 2.24) is 0 Å². The maximum atomic E-state index is 13.7. The van der Waals surface area contributed by atoms with Crippen LogP contribution in [-0.2, 0) is 29.7 Å². The first-order valence-corrected chi connectivity index (χ1v) is 13.8. The minimum Gasteiger partial charge on any atom is -0.336 e. The molecule has 1 amide bonds. The third-order valence-corrected chi connectivity index (χ3v) is 9.35. The Kier molecular flexibility index (Phi) is 7.99. The van der Waals surface area contributed by atoms with Crippen molar-refractivity contribution in [2.45, 2.75) is 30.6 Å². The van der Waals surface area contributed by atoms with Gasteiger partial charge in [0.2, 0.25) is 5.91 Å². The third kappa shape index (κ3) is 5.65. The first kappa shape index (κ1) is 27.5. The van der Waals surface area contributed by atoms with Gasteiger partial charge in [0, 0.05) is 11.5 Å². The second-order valence-corrected chi connectivity index (χ2v) is 12.8. The summed E-state index contributed by atoms with van der Waals surface area (Å²) in [5.41, 5.74) is -1.15. The summed E-state index contributed by atoms with van der Waals surface area (Å²) < 4.78 is 55.1. The molecule has 0 unspecified atom stereocenters. The van der Waals surface area contributed by atoms with E-state index in [9.17, 15) is 21.6 Å². The summed E-state index contributed by atoms with van der Waals surface area (Å²) in [5, 5.41) is 2.36. The molecule has 36 heavy (non-hydrogen) atoms. The molecule has 0 saturated carbocycles. The Hall–Kier alpha value is -3.12. The Labute approximate surface area is 215 Å². The molecule has 12 heteroatoms. The standard InChI is InChI=1S/C24H25ClN2O7S2/c1-24(2,3)23(28)26-20-15-19(25)21(16-22(20)34-33-4)27(35(29,30)17-11-7-5-8-12-17)36(31,32)18-13-9-6-10-14-18/h5-16H,1-4H3,(H,26,28). The largest absolute Gasteiger partial charge is 0.336 e. The number of benzene rings is 3. The topological polar surface area (TPSA) is 119 Å². The van der Waals surface area contributed by atoms with Crippen LogP contribution in [0.4, 0.5) is 11.4 Å². The first-order chi connectivity index (χ1) is 16.8. The number of sulfonamides is 2. The molecule has 1 N–H and O–H groups in total. The van der Waals surface area contributed by atoms with E-state index in [0.717, 1.165) is 6.07 Å². The van der Waals surface area contributed by atoms with Crippen LogP contribution in [0.25, 0.3) is 0 Å². The van der Waals surface area contributed by atoms with Crippen LogP contribution < -0.4 is 13.9 Å². The fraction of sp³-hybridized carbons (Fsp3) is 0.208. The Balaban J connectivity index is 2.29. The Bertz CT molecular complexity index is 1390. The number of anilines is 2. The average molecular weight is 553 g/mol. The van der Waals surface area contributed by atoms with Gasteiger partial charge in [0.25, 0.3) is 20.0 Å². The van der Waals surface area contributed by atoms with Gasteiger partial charge < -0.3 is 10.2 Å². The van der Waals surface area contributed by atoms with Gasteiger partial charge in [0.1, 0.15) is 0 Å². The van der Waals surface area contributed by atoms with Crippen LogP contribution in [0.15, 0.2) is 82.6 Å². The van der Waals surface area contributed by atoms with E-state index in [1.54, 1.807) is 32.9 Å². The van der Waals surface area contributed by atoms with E-state index in [4.69, 9.17) is 21.4 Å². The van der Waals surface area contributed by atoms with Crippen molar-refractivity contribution < 1.29 is 31.4 Å². The van der Waals surface area contributed by atoms with Crippen LogP contribution in [0.2, 0.25) is 5.02 Å². The van der Waals surface area contributed by atoms with Gasteiger partial charge in [-0.3, -0.25) is 4.79 Å². The Morgan fingerprint density at radius 1 is 0.861 bits per heavy atom. The molecule has 3 aromatic carbocycles. The van der Waals surface area contributed by atoms with Crippen molar-refractivity contribution in [3.8, 4) is 5.75 Å². The van der Waals surface area contributed by atoms with Crippen molar-refractivity contribution in [3.63, 3.8) is 0 Å². The summed E-state index contributed by atoms with van der Waals surface area (Å²) in [6.07, 6.45) is 0. The fourth-order valence-electron chi connectivity index (χ4n) is 3.01. The van der Waals surface area contributed by atoms with Crippen LogP contribution in [0.5, 0.6) is 5.75 Å². The second kappa shape index (κ2) is 10.5. The number of hydrogen-bond donors (Lipinski definition) is 1. The SMILES string of the molecule is COOc1cc(N(S(=O)(=O)c2ccccc2)S(=O)(=O)c2ccccc2)c(Cl)cc1NC(=O)C(C)(C)C. The smallest absolute Gasteiger partial charge is 0.277 e. The first-order valence-electron chi connectivity index (χ1n) is 10.6. The maximum absolute atomic E-state index is 13.7. The molecule has 3 aromatic rings. The zero-order valence-electron chi connectivity index (χ0n) is 19.9. The van der Waals surface area contributed by atoms with E-state index in [1.807, 2.05) is 0 Å². The fourth-order valence-corrected chi connectivity index (χ4v) is 7.12. The number of carbonyl (C=O) groups excluding carboxylic acids is 1. The predicted octanol–water partition coefficient (Wildman–Crippen LogP) is 4.85. The van der Waals surface area contributed by atoms with Gasteiger partial charge in [-0.1, -0.05) is 68.8 Å². The van der Waals surface area contributed by atoms with E-state index in [0.29, 0.717) is 0 Å². The summed E-state index contributed by atoms with van der Waals surface area (Å²) >= 11 is 6.46. The second-order valence-electron chi connectivity index (χ2n) is 8.59. The summed E-state index contributed by atoms with van der Waals surface area (Å²) in [7, 11) is -8.19. The highest BCUT2D eigenvalue weighted by Gasteiger charge is 2.39. The van der Waals surface area contributed by atoms with Gasteiger partial charge in [0.15, 0.2) is 5.75 Å². The molecule has 0 radical (unpaired) electrons. The highest BCUT2D eigenvalue weighted by Crippen LogP contribution is 2.42. The number of hydrogen-bond acceptors (Lipinski definition) is 7. The molecule has 0 saturated heterocycles. The molecule has 192 valence electrons. The lowest BCUT2D eigenvalue weighted by molar-refractivity contribution is -0.177. The zero-order valence-corrected chi connectivity index (χ0v) is 22.3. The molecule has 0 aliphatic rings. The number of halogens is 1. The summed E-state index contributed by atoms with van der Waals surface area (Å²) in [6, 6.07) is 16.4. The van der Waals surface area contributed by atoms with Gasteiger partial charge in [-0.05, 0) is 30.3 Å². The molecule has 0 aliphatic carbocycles. The van der Waals surface area contributed by atoms with Crippen molar-refractivity contribution in [2.24, 2.45) is 5.41 Å². The number of rotatable bonds is 8. The summed E-state index contributed by atoms with van der Waals surface area (Å²) in [6.45, 7) is 5.07. The highest BCUT2D eigenvalue weighted by molar-refractivity contribution is 8.10. The van der Waals surface area contributed by atoms with Crippen molar-refractivity contribution in [2.75, 3.05) is 16.1 Å². The van der Waals surface area contributed by atoms with E-state index in [2.05, 4.69) is 5.32 Å². The molecule has 0 fully saturated rings. The Morgan fingerprint density at radius 3 is 1.75 bits per heavy atom. The highest BCUT2D eigenvalue weighted by atomic mass is 35.5. The molecule has 0 atom stereocenters. The van der Waals surface area contributed by atoms with Crippen LogP contribution in [0, 0.1) is 5.41 Å². The molecule has 0 spiro atoms. The normalized spacial score (nSPS) is 12.1.